The molecule has 2 aromatic rings. The van der Waals surface area contributed by atoms with E-state index in [0.29, 0.717) is 4.88 Å². The van der Waals surface area contributed by atoms with Gasteiger partial charge in [-0.15, -0.1) is 0 Å². The van der Waals surface area contributed by atoms with E-state index in [0.717, 1.165) is 28.2 Å². The van der Waals surface area contributed by atoms with E-state index >= 15 is 0 Å². The lowest BCUT2D eigenvalue weighted by molar-refractivity contribution is -0.380. The minimum Gasteiger partial charge on any atom is -0.376 e. The maximum absolute atomic E-state index is 11.8. The van der Waals surface area contributed by atoms with Gasteiger partial charge in [-0.25, -0.2) is 5.43 Å². The normalized spacial score (nSPS) is 10.7. The molecule has 2 rings (SSSR count). The summed E-state index contributed by atoms with van der Waals surface area (Å²) in [6.07, 6.45) is 1.38. The average molecular weight is 332 g/mol. The Morgan fingerprint density at radius 1 is 1.30 bits per heavy atom. The molecule has 0 fully saturated rings. The second-order valence-electron chi connectivity index (χ2n) is 4.85. The van der Waals surface area contributed by atoms with Crippen LogP contribution in [0.15, 0.2) is 35.4 Å². The summed E-state index contributed by atoms with van der Waals surface area (Å²) in [7, 11) is 0. The van der Waals surface area contributed by atoms with E-state index in [4.69, 9.17) is 0 Å². The quantitative estimate of drug-likeness (QED) is 0.483. The number of nitrogens with one attached hydrogen (secondary N) is 2. The zero-order valence-corrected chi connectivity index (χ0v) is 13.5. The topological polar surface area (TPSA) is 96.6 Å². The number of amides is 1. The van der Waals surface area contributed by atoms with Crippen LogP contribution in [0.1, 0.15) is 16.0 Å². The lowest BCUT2D eigenvalue weighted by Gasteiger charge is -2.11. The van der Waals surface area contributed by atoms with Crippen molar-refractivity contribution >= 4 is 34.1 Å². The number of para-hydroxylation sites is 1. The van der Waals surface area contributed by atoms with Crippen molar-refractivity contribution in [1.82, 2.24) is 5.43 Å². The number of rotatable bonds is 6. The molecule has 0 atom stereocenters. The smallest absolute Gasteiger partial charge is 0.324 e. The highest BCUT2D eigenvalue weighted by atomic mass is 32.1. The molecule has 8 heteroatoms. The summed E-state index contributed by atoms with van der Waals surface area (Å²) in [5.74, 6) is -0.296. The molecular formula is C15H16N4O3S. The van der Waals surface area contributed by atoms with Gasteiger partial charge in [-0.3, -0.25) is 14.9 Å². The van der Waals surface area contributed by atoms with Gasteiger partial charge in [0.15, 0.2) is 0 Å². The minimum absolute atomic E-state index is 0.0365. The fraction of sp³-hybridized carbons (Fsp3) is 0.200. The largest absolute Gasteiger partial charge is 0.376 e. The van der Waals surface area contributed by atoms with E-state index in [1.807, 2.05) is 32.0 Å². The lowest BCUT2D eigenvalue weighted by atomic mass is 10.1. The molecule has 1 amide bonds. The molecule has 120 valence electrons. The zero-order valence-electron chi connectivity index (χ0n) is 12.7. The Morgan fingerprint density at radius 3 is 2.61 bits per heavy atom. The molecule has 0 radical (unpaired) electrons. The van der Waals surface area contributed by atoms with E-state index in [2.05, 4.69) is 15.8 Å². The van der Waals surface area contributed by atoms with Crippen molar-refractivity contribution in [2.45, 2.75) is 13.8 Å². The van der Waals surface area contributed by atoms with Crippen LogP contribution in [0.25, 0.3) is 0 Å². The molecule has 0 spiro atoms. The number of carbonyl (C=O) groups is 1. The zero-order chi connectivity index (χ0) is 16.8. The van der Waals surface area contributed by atoms with Gasteiger partial charge in [-0.2, -0.15) is 5.10 Å². The Balaban J connectivity index is 1.85. The van der Waals surface area contributed by atoms with Crippen molar-refractivity contribution < 1.29 is 9.72 Å². The first-order valence-corrected chi connectivity index (χ1v) is 7.65. The number of anilines is 1. The van der Waals surface area contributed by atoms with Gasteiger partial charge in [-0.05, 0) is 31.0 Å². The first-order valence-electron chi connectivity index (χ1n) is 6.83. The fourth-order valence-corrected chi connectivity index (χ4v) is 2.67. The van der Waals surface area contributed by atoms with Crippen LogP contribution in [0.5, 0.6) is 0 Å². The Bertz CT molecular complexity index is 735. The molecule has 2 N–H and O–H groups in total. The highest BCUT2D eigenvalue weighted by molar-refractivity contribution is 7.16. The van der Waals surface area contributed by atoms with Gasteiger partial charge >= 0.3 is 5.00 Å². The third-order valence-corrected chi connectivity index (χ3v) is 4.05. The molecule has 0 aliphatic rings. The summed E-state index contributed by atoms with van der Waals surface area (Å²) in [6.45, 7) is 4.03. The second-order valence-corrected chi connectivity index (χ2v) is 5.94. The van der Waals surface area contributed by atoms with Gasteiger partial charge in [-0.1, -0.05) is 29.5 Å². The van der Waals surface area contributed by atoms with Crippen molar-refractivity contribution in [3.05, 3.63) is 56.5 Å². The predicted octanol–water partition coefficient (Wildman–Crippen LogP) is 2.84. The summed E-state index contributed by atoms with van der Waals surface area (Å²) >= 11 is 0.991. The standard InChI is InChI=1S/C15H16N4O3S/c1-10-4-3-5-11(2)15(10)16-9-13(20)18-17-8-12-6-7-14(23-12)19(21)22/h3-8,16H,9H2,1-2H3,(H,18,20)/b17-8+. The number of thiophene rings is 1. The van der Waals surface area contributed by atoms with Crippen molar-refractivity contribution in [3.8, 4) is 0 Å². The van der Waals surface area contributed by atoms with Crippen LogP contribution in [0.3, 0.4) is 0 Å². The molecule has 1 aromatic carbocycles. The molecule has 7 nitrogen and oxygen atoms in total. The number of hydrogen-bond acceptors (Lipinski definition) is 6. The SMILES string of the molecule is Cc1cccc(C)c1NCC(=O)N/N=C/c1ccc([N+](=O)[O-])s1. The summed E-state index contributed by atoms with van der Waals surface area (Å²) in [4.78, 5) is 22.4. The van der Waals surface area contributed by atoms with E-state index in [1.165, 1.54) is 12.3 Å². The van der Waals surface area contributed by atoms with Gasteiger partial charge in [0, 0.05) is 11.8 Å². The molecule has 0 unspecified atom stereocenters. The minimum atomic E-state index is -0.463. The molecule has 23 heavy (non-hydrogen) atoms. The van der Waals surface area contributed by atoms with Crippen molar-refractivity contribution in [1.29, 1.82) is 0 Å². The lowest BCUT2D eigenvalue weighted by Crippen LogP contribution is -2.26. The summed E-state index contributed by atoms with van der Waals surface area (Å²) in [5.41, 5.74) is 5.44. The third kappa shape index (κ3) is 4.62. The van der Waals surface area contributed by atoms with Crippen LogP contribution in [0.4, 0.5) is 10.7 Å². The predicted molar refractivity (Wildman–Crippen MR) is 91.1 cm³/mol. The van der Waals surface area contributed by atoms with Crippen LogP contribution < -0.4 is 10.7 Å². The third-order valence-electron chi connectivity index (χ3n) is 3.08. The first-order chi connectivity index (χ1) is 11.0. The molecule has 0 aliphatic heterocycles. The molecule has 0 bridgehead atoms. The molecular weight excluding hydrogens is 316 g/mol. The number of carbonyl (C=O) groups excluding carboxylic acids is 1. The Kier molecular flexibility index (Phi) is 5.42. The Morgan fingerprint density at radius 2 is 2.00 bits per heavy atom. The van der Waals surface area contributed by atoms with E-state index in [-0.39, 0.29) is 17.5 Å². The Hall–Kier alpha value is -2.74. The van der Waals surface area contributed by atoms with E-state index in [9.17, 15) is 14.9 Å². The first kappa shape index (κ1) is 16.6. The monoisotopic (exact) mass is 332 g/mol. The summed E-state index contributed by atoms with van der Waals surface area (Å²) < 4.78 is 0. The summed E-state index contributed by atoms with van der Waals surface area (Å²) in [5, 5.41) is 17.5. The fourth-order valence-electron chi connectivity index (χ4n) is 1.98. The van der Waals surface area contributed by atoms with Gasteiger partial charge in [0.25, 0.3) is 5.91 Å². The number of hydrazone groups is 1. The molecule has 1 aromatic heterocycles. The second kappa shape index (κ2) is 7.50. The highest BCUT2D eigenvalue weighted by Gasteiger charge is 2.08. The maximum atomic E-state index is 11.8. The highest BCUT2D eigenvalue weighted by Crippen LogP contribution is 2.22. The van der Waals surface area contributed by atoms with Crippen molar-refractivity contribution in [2.75, 3.05) is 11.9 Å². The number of benzene rings is 1. The average Bonchev–Trinajstić information content (AvgIpc) is 2.96. The van der Waals surface area contributed by atoms with Gasteiger partial charge in [0.1, 0.15) is 0 Å². The van der Waals surface area contributed by atoms with Gasteiger partial charge in [0.2, 0.25) is 0 Å². The maximum Gasteiger partial charge on any atom is 0.324 e. The van der Waals surface area contributed by atoms with E-state index < -0.39 is 4.92 Å². The van der Waals surface area contributed by atoms with E-state index in [1.54, 1.807) is 6.07 Å². The number of hydrogen-bond donors (Lipinski definition) is 2. The molecule has 0 saturated carbocycles. The van der Waals surface area contributed by atoms with Crippen LogP contribution in [0.2, 0.25) is 0 Å². The summed E-state index contributed by atoms with van der Waals surface area (Å²) in [6, 6.07) is 8.87. The number of nitrogens with zero attached hydrogens (tertiary/aromatic N) is 2. The van der Waals surface area contributed by atoms with Crippen LogP contribution in [-0.4, -0.2) is 23.6 Å². The molecule has 0 saturated heterocycles. The van der Waals surface area contributed by atoms with Crippen LogP contribution >= 0.6 is 11.3 Å². The van der Waals surface area contributed by atoms with Gasteiger partial charge in [0.05, 0.1) is 22.6 Å². The molecule has 1 heterocycles. The van der Waals surface area contributed by atoms with Crippen molar-refractivity contribution in [2.24, 2.45) is 5.10 Å². The van der Waals surface area contributed by atoms with Crippen LogP contribution in [0, 0.1) is 24.0 Å². The van der Waals surface area contributed by atoms with Gasteiger partial charge < -0.3 is 5.32 Å². The number of nitro groups is 1. The molecule has 0 aliphatic carbocycles. The number of aryl methyl sites for hydroxylation is 2. The Labute approximate surface area is 137 Å². The van der Waals surface area contributed by atoms with Crippen LogP contribution in [-0.2, 0) is 4.79 Å². The van der Waals surface area contributed by atoms with Crippen molar-refractivity contribution in [3.63, 3.8) is 0 Å².